The first-order valence-electron chi connectivity index (χ1n) is 8.75. The number of rotatable bonds is 3. The molecule has 1 aromatic heterocycles. The fourth-order valence-electron chi connectivity index (χ4n) is 3.72. The highest BCUT2D eigenvalue weighted by molar-refractivity contribution is 5.99. The fourth-order valence-corrected chi connectivity index (χ4v) is 3.72. The van der Waals surface area contributed by atoms with Gasteiger partial charge in [-0.15, -0.1) is 0 Å². The molecule has 2 aliphatic rings. The summed E-state index contributed by atoms with van der Waals surface area (Å²) in [5.41, 5.74) is 0.738. The van der Waals surface area contributed by atoms with E-state index in [2.05, 4.69) is 22.1 Å². The molecular formula is C18H27N3O. The SMILES string of the molecule is CC1CCCN(c2ncccc2C(=O)NC2CCCCC2)C1. The molecule has 2 heterocycles. The van der Waals surface area contributed by atoms with Crippen LogP contribution < -0.4 is 10.2 Å². The molecule has 22 heavy (non-hydrogen) atoms. The first kappa shape index (κ1) is 15.3. The minimum atomic E-state index is 0.0493. The number of amides is 1. The largest absolute Gasteiger partial charge is 0.356 e. The molecule has 4 nitrogen and oxygen atoms in total. The van der Waals surface area contributed by atoms with Crippen molar-refractivity contribution in [3.63, 3.8) is 0 Å². The number of carbonyl (C=O) groups excluding carboxylic acids is 1. The monoisotopic (exact) mass is 301 g/mol. The Hall–Kier alpha value is -1.58. The van der Waals surface area contributed by atoms with Crippen LogP contribution in [0.15, 0.2) is 18.3 Å². The molecule has 1 aliphatic carbocycles. The van der Waals surface area contributed by atoms with Crippen LogP contribution in [0.1, 0.15) is 62.2 Å². The minimum Gasteiger partial charge on any atom is -0.356 e. The Balaban J connectivity index is 1.73. The summed E-state index contributed by atoms with van der Waals surface area (Å²) in [6.07, 6.45) is 10.2. The molecule has 0 aromatic carbocycles. The number of nitrogens with one attached hydrogen (secondary N) is 1. The van der Waals surface area contributed by atoms with Crippen LogP contribution >= 0.6 is 0 Å². The van der Waals surface area contributed by atoms with E-state index in [1.54, 1.807) is 6.20 Å². The van der Waals surface area contributed by atoms with Crippen molar-refractivity contribution in [3.8, 4) is 0 Å². The van der Waals surface area contributed by atoms with Crippen LogP contribution in [0.2, 0.25) is 0 Å². The van der Waals surface area contributed by atoms with Crippen molar-refractivity contribution >= 4 is 11.7 Å². The normalized spacial score (nSPS) is 23.3. The zero-order valence-electron chi connectivity index (χ0n) is 13.6. The maximum Gasteiger partial charge on any atom is 0.255 e. The Kier molecular flexibility index (Phi) is 4.96. The lowest BCUT2D eigenvalue weighted by atomic mass is 9.95. The number of piperidine rings is 1. The standard InChI is InChI=1S/C18H27N3O/c1-14-7-6-12-21(13-14)17-16(10-5-11-19-17)18(22)20-15-8-3-2-4-9-15/h5,10-11,14-15H,2-4,6-9,12-13H2,1H3,(H,20,22). The maximum atomic E-state index is 12.7. The third kappa shape index (κ3) is 3.60. The molecule has 120 valence electrons. The Morgan fingerprint density at radius 2 is 2.05 bits per heavy atom. The number of hydrogen-bond donors (Lipinski definition) is 1. The summed E-state index contributed by atoms with van der Waals surface area (Å²) in [4.78, 5) is 19.5. The van der Waals surface area contributed by atoms with Crippen molar-refractivity contribution in [1.29, 1.82) is 0 Å². The van der Waals surface area contributed by atoms with Crippen LogP contribution in [0, 0.1) is 5.92 Å². The average Bonchev–Trinajstić information content (AvgIpc) is 2.56. The predicted molar refractivity (Wildman–Crippen MR) is 89.2 cm³/mol. The second kappa shape index (κ2) is 7.12. The molecule has 1 aliphatic heterocycles. The van der Waals surface area contributed by atoms with Crippen LogP contribution in [0.4, 0.5) is 5.82 Å². The summed E-state index contributed by atoms with van der Waals surface area (Å²) >= 11 is 0. The first-order chi connectivity index (χ1) is 10.7. The van der Waals surface area contributed by atoms with Gasteiger partial charge in [0.25, 0.3) is 5.91 Å². The van der Waals surface area contributed by atoms with Crippen LogP contribution in [-0.4, -0.2) is 30.0 Å². The minimum absolute atomic E-state index is 0.0493. The lowest BCUT2D eigenvalue weighted by molar-refractivity contribution is 0.0927. The fraction of sp³-hybridized carbons (Fsp3) is 0.667. The van der Waals surface area contributed by atoms with Gasteiger partial charge in [-0.1, -0.05) is 26.2 Å². The molecule has 1 unspecified atom stereocenters. The molecule has 3 rings (SSSR count). The number of anilines is 1. The van der Waals surface area contributed by atoms with E-state index in [1.165, 1.54) is 32.1 Å². The lowest BCUT2D eigenvalue weighted by Gasteiger charge is -2.33. The smallest absolute Gasteiger partial charge is 0.255 e. The molecule has 0 radical (unpaired) electrons. The van der Waals surface area contributed by atoms with Crippen molar-refractivity contribution in [2.24, 2.45) is 5.92 Å². The molecule has 0 spiro atoms. The first-order valence-corrected chi connectivity index (χ1v) is 8.75. The summed E-state index contributed by atoms with van der Waals surface area (Å²) in [6, 6.07) is 4.13. The topological polar surface area (TPSA) is 45.2 Å². The number of hydrogen-bond acceptors (Lipinski definition) is 3. The van der Waals surface area contributed by atoms with E-state index < -0.39 is 0 Å². The van der Waals surface area contributed by atoms with Gasteiger partial charge in [-0.3, -0.25) is 4.79 Å². The highest BCUT2D eigenvalue weighted by atomic mass is 16.1. The van der Waals surface area contributed by atoms with Gasteiger partial charge < -0.3 is 10.2 Å². The molecular weight excluding hydrogens is 274 g/mol. The third-order valence-corrected chi connectivity index (χ3v) is 4.93. The second-order valence-corrected chi connectivity index (χ2v) is 6.88. The molecule has 1 atom stereocenters. The molecule has 1 saturated heterocycles. The number of pyridine rings is 1. The maximum absolute atomic E-state index is 12.7. The van der Waals surface area contributed by atoms with E-state index in [-0.39, 0.29) is 5.91 Å². The number of aromatic nitrogens is 1. The Morgan fingerprint density at radius 1 is 1.23 bits per heavy atom. The number of nitrogens with zero attached hydrogens (tertiary/aromatic N) is 2. The van der Waals surface area contributed by atoms with Crippen LogP contribution in [0.25, 0.3) is 0 Å². The van der Waals surface area contributed by atoms with Crippen molar-refractivity contribution in [3.05, 3.63) is 23.9 Å². The van der Waals surface area contributed by atoms with Crippen molar-refractivity contribution in [1.82, 2.24) is 10.3 Å². The Bertz CT molecular complexity index is 511. The van der Waals surface area contributed by atoms with Crippen LogP contribution in [0.5, 0.6) is 0 Å². The highest BCUT2D eigenvalue weighted by Gasteiger charge is 2.24. The zero-order chi connectivity index (χ0) is 15.4. The van der Waals surface area contributed by atoms with Crippen molar-refractivity contribution in [2.75, 3.05) is 18.0 Å². The van der Waals surface area contributed by atoms with E-state index >= 15 is 0 Å². The molecule has 4 heteroatoms. The predicted octanol–water partition coefficient (Wildman–Crippen LogP) is 3.38. The van der Waals surface area contributed by atoms with Crippen molar-refractivity contribution in [2.45, 2.75) is 57.9 Å². The van der Waals surface area contributed by atoms with Crippen LogP contribution in [-0.2, 0) is 0 Å². The average molecular weight is 301 g/mol. The molecule has 1 saturated carbocycles. The van der Waals surface area contributed by atoms with Gasteiger partial charge in [-0.25, -0.2) is 4.98 Å². The van der Waals surface area contributed by atoms with Gasteiger partial charge in [-0.05, 0) is 43.7 Å². The van der Waals surface area contributed by atoms with E-state index in [1.807, 2.05) is 12.1 Å². The van der Waals surface area contributed by atoms with Gasteiger partial charge >= 0.3 is 0 Å². The summed E-state index contributed by atoms with van der Waals surface area (Å²) in [5.74, 6) is 1.58. The van der Waals surface area contributed by atoms with E-state index in [0.29, 0.717) is 12.0 Å². The molecule has 0 bridgehead atoms. The van der Waals surface area contributed by atoms with Gasteiger partial charge in [0.2, 0.25) is 0 Å². The molecule has 1 N–H and O–H groups in total. The molecule has 2 fully saturated rings. The van der Waals surface area contributed by atoms with Crippen molar-refractivity contribution < 1.29 is 4.79 Å². The van der Waals surface area contributed by atoms with Gasteiger partial charge in [-0.2, -0.15) is 0 Å². The summed E-state index contributed by atoms with van der Waals surface area (Å²) < 4.78 is 0. The van der Waals surface area contributed by atoms with E-state index in [0.717, 1.165) is 37.3 Å². The highest BCUT2D eigenvalue weighted by Crippen LogP contribution is 2.25. The lowest BCUT2D eigenvalue weighted by Crippen LogP contribution is -2.39. The van der Waals surface area contributed by atoms with Gasteiger partial charge in [0.1, 0.15) is 5.82 Å². The molecule has 1 amide bonds. The van der Waals surface area contributed by atoms with Gasteiger partial charge in [0, 0.05) is 25.3 Å². The second-order valence-electron chi connectivity index (χ2n) is 6.88. The quantitative estimate of drug-likeness (QED) is 0.931. The Labute approximate surface area is 133 Å². The van der Waals surface area contributed by atoms with Crippen LogP contribution in [0.3, 0.4) is 0 Å². The number of carbonyl (C=O) groups is 1. The van der Waals surface area contributed by atoms with Gasteiger partial charge in [0.05, 0.1) is 5.56 Å². The summed E-state index contributed by atoms with van der Waals surface area (Å²) in [5, 5.41) is 3.22. The summed E-state index contributed by atoms with van der Waals surface area (Å²) in [7, 11) is 0. The zero-order valence-corrected chi connectivity index (χ0v) is 13.6. The molecule has 1 aromatic rings. The van der Waals surface area contributed by atoms with Gasteiger partial charge in [0.15, 0.2) is 0 Å². The third-order valence-electron chi connectivity index (χ3n) is 4.93. The Morgan fingerprint density at radius 3 is 2.82 bits per heavy atom. The van der Waals surface area contributed by atoms with E-state index in [4.69, 9.17) is 0 Å². The van der Waals surface area contributed by atoms with E-state index in [9.17, 15) is 4.79 Å². The summed E-state index contributed by atoms with van der Waals surface area (Å²) in [6.45, 7) is 4.28.